The van der Waals surface area contributed by atoms with Crippen molar-refractivity contribution in [2.45, 2.75) is 475 Å². The van der Waals surface area contributed by atoms with Gasteiger partial charge >= 0.3 is 0 Å². The topological polar surface area (TPSA) is 267 Å². The summed E-state index contributed by atoms with van der Waals surface area (Å²) >= 11 is 0. The van der Waals surface area contributed by atoms with Gasteiger partial charge in [0.2, 0.25) is 11.8 Å². The summed E-state index contributed by atoms with van der Waals surface area (Å²) in [5, 5.41) is 21.9. The summed E-state index contributed by atoms with van der Waals surface area (Å²) in [5.41, 5.74) is 0.521. The lowest BCUT2D eigenvalue weighted by molar-refractivity contribution is -0.238. The average Bonchev–Trinajstić information content (AvgIpc) is 1.40. The molecule has 0 aliphatic heterocycles. The predicted molar refractivity (Wildman–Crippen MR) is 507 cm³/mol. The second-order valence-electron chi connectivity index (χ2n) is 42.7. The predicted octanol–water partition coefficient (Wildman–Crippen LogP) is 19.5. The van der Waals surface area contributed by atoms with Gasteiger partial charge in [-0.05, 0) is 244 Å². The molecule has 718 valence electrons. The van der Waals surface area contributed by atoms with Gasteiger partial charge in [0.25, 0.3) is 0 Å². The quantitative estimate of drug-likeness (QED) is 0.0279. The molecule has 2 amide bonds. The minimum atomic E-state index is -0.859. The summed E-state index contributed by atoms with van der Waals surface area (Å²) in [6.07, 6.45) is 17.2. The number of hydrogen-bond acceptors (Lipinski definition) is 18. The van der Waals surface area contributed by atoms with Crippen LogP contribution >= 0.6 is 0 Å². The number of ketones is 6. The lowest BCUT2D eigenvalue weighted by Gasteiger charge is -2.65. The number of carbonyl (C=O) groups excluding carboxylic acids is 8. The highest BCUT2D eigenvalue weighted by Gasteiger charge is 2.67. The maximum absolute atomic E-state index is 12.8. The summed E-state index contributed by atoms with van der Waals surface area (Å²) in [4.78, 5) is 99.6. The Bertz CT molecular complexity index is 2910. The lowest BCUT2D eigenvalue weighted by atomic mass is 9.43. The first-order valence-corrected chi connectivity index (χ1v) is 49.2. The molecule has 15 unspecified atom stereocenters. The van der Waals surface area contributed by atoms with E-state index < -0.39 is 24.0 Å². The molecule has 0 heterocycles. The molecule has 7 N–H and O–H groups in total. The van der Waals surface area contributed by atoms with Gasteiger partial charge in [-0.25, -0.2) is 0 Å². The average molecular weight is 1730 g/mol. The van der Waals surface area contributed by atoms with Crippen LogP contribution in [-0.4, -0.2) is 183 Å². The molecule has 4 aliphatic rings. The van der Waals surface area contributed by atoms with E-state index in [1.54, 1.807) is 41.5 Å². The van der Waals surface area contributed by atoms with E-state index in [-0.39, 0.29) is 139 Å². The summed E-state index contributed by atoms with van der Waals surface area (Å²) in [5.74, 6) is 4.90. The molecule has 0 spiro atoms. The highest BCUT2D eigenvalue weighted by atomic mass is 16.5. The van der Waals surface area contributed by atoms with Crippen LogP contribution < -0.4 is 37.2 Å². The van der Waals surface area contributed by atoms with Gasteiger partial charge < -0.3 is 60.9 Å². The largest absolute Gasteiger partial charge is 0.379 e. The maximum atomic E-state index is 12.8. The number of fused-ring (bicyclic) bond motifs is 5. The fourth-order valence-corrected chi connectivity index (χ4v) is 19.1. The molecule has 20 nitrogen and oxygen atoms in total. The molecule has 0 radical (unpaired) electrons. The van der Waals surface area contributed by atoms with Crippen LogP contribution in [0, 0.1) is 99.6 Å². The fourth-order valence-electron chi connectivity index (χ4n) is 19.1. The Hall–Kier alpha value is -3.44. The van der Waals surface area contributed by atoms with Crippen molar-refractivity contribution in [1.82, 2.24) is 37.2 Å². The van der Waals surface area contributed by atoms with Crippen molar-refractivity contribution >= 4 is 46.5 Å². The van der Waals surface area contributed by atoms with E-state index in [0.29, 0.717) is 108 Å². The van der Waals surface area contributed by atoms with Crippen LogP contribution in [0.5, 0.6) is 0 Å². The third-order valence-electron chi connectivity index (χ3n) is 25.5. The van der Waals surface area contributed by atoms with Crippen LogP contribution in [0.1, 0.15) is 372 Å². The number of rotatable bonds is 53. The molecular weight excluding hydrogens is 1530 g/mol. The molecule has 0 bridgehead atoms. The SMILES string of the molecule is CC(C)CC(COC(C)C)C(C)C.CC(C)NC(CCC(=O)NC(CCC(=O)NC(CCC(=O)C(C)C)C(=O)C(C)C)C(=O)C(C)C)C(=O)C(C)C.CC(C)NCCCC(NC(C)C)C(=O)C(C)C.CC(C)OC[C@@H](C)C1CCC2C3C(OC(C)C)CC4CC(OC(C)C)CCC4(C)C3CC(OC(C)C)C21C.CNCCC[C@H](NC(C)C)C(=O)C(C)C. The van der Waals surface area contributed by atoms with E-state index in [1.807, 2.05) is 62.4 Å². The molecule has 17 atom stereocenters. The van der Waals surface area contributed by atoms with Crippen LogP contribution in [-0.2, 0) is 62.0 Å². The molecule has 4 saturated carbocycles. The maximum Gasteiger partial charge on any atom is 0.220 e. The van der Waals surface area contributed by atoms with E-state index in [0.717, 1.165) is 69.7 Å². The first kappa shape index (κ1) is 119. The van der Waals surface area contributed by atoms with Gasteiger partial charge in [-0.2, -0.15) is 0 Å². The highest BCUT2D eigenvalue weighted by molar-refractivity contribution is 5.93. The van der Waals surface area contributed by atoms with Crippen molar-refractivity contribution in [3.8, 4) is 0 Å². The van der Waals surface area contributed by atoms with E-state index in [9.17, 15) is 38.4 Å². The zero-order chi connectivity index (χ0) is 94.1. The molecule has 0 saturated heterocycles. The van der Waals surface area contributed by atoms with Crippen LogP contribution in [0.25, 0.3) is 0 Å². The third kappa shape index (κ3) is 44.7. The highest BCUT2D eigenvalue weighted by Crippen LogP contribution is 2.69. The standard InChI is InChI=1S/C34H62O4.C30H53N3O6.C14H30N2O.C12H26N2O.C12H26O/c1-20(2)35-19-24(9)27-12-13-28-32-29(18-31(34(27,28)11)38-23(7)8)33(10)15-14-26(36-21(3)4)16-25(33)17-30(32)37-22(5)6;1-17(2)25(34)14-11-23(29(38)19(5)6)32-27(36)16-13-24(30(39)20(7)8)33-26(35)15-12-22(31-21(9)10)28(37)18(3)4;1-10(2)14(17)13(16-12(5)6)8-7-9-15-11(3)4;1-9(2)12(15)11(14-10(3)4)7-6-8-13-5;1-9(2)7-12(10(3)4)8-13-11(5)6/h20-32H,12-19H2,1-11H3;17-24,31H,11-16H2,1-10H3,(H,32,36)(H,33,35);10-13,15-16H,7-9H2,1-6H3;9-11,13-14H,6-8H2,1-5H3;9-12H,7-8H2,1-6H3/t24-,25?,26?,27?,28?,29?,30?,31?,32?,33?,34?;;;11-;/m1..0./s1. The van der Waals surface area contributed by atoms with E-state index in [1.165, 1.54) is 51.4 Å². The zero-order valence-electron chi connectivity index (χ0n) is 85.8. The summed E-state index contributed by atoms with van der Waals surface area (Å²) < 4.78 is 32.1. The minimum Gasteiger partial charge on any atom is -0.379 e. The first-order valence-electron chi connectivity index (χ1n) is 49.2. The Labute approximate surface area is 749 Å². The number of carbonyl (C=O) groups is 8. The number of hydrogen-bond donors (Lipinski definition) is 7. The molecule has 4 aliphatic carbocycles. The first-order chi connectivity index (χ1) is 56.5. The summed E-state index contributed by atoms with van der Waals surface area (Å²) in [6.45, 7) is 81.0. The Balaban J connectivity index is 0.00000162. The number of Topliss-reactive ketones (excluding diaryl/α,β-unsaturated/α-hetero) is 6. The molecular formula is C102H197N7O13. The van der Waals surface area contributed by atoms with Crippen molar-refractivity contribution in [3.63, 3.8) is 0 Å². The van der Waals surface area contributed by atoms with Crippen molar-refractivity contribution in [2.75, 3.05) is 33.4 Å². The molecule has 0 aromatic carbocycles. The Morgan fingerprint density at radius 3 is 1.20 bits per heavy atom. The van der Waals surface area contributed by atoms with Gasteiger partial charge in [0.05, 0.1) is 79.0 Å². The molecule has 20 heteroatoms. The van der Waals surface area contributed by atoms with Gasteiger partial charge in [0.15, 0.2) is 28.9 Å². The summed E-state index contributed by atoms with van der Waals surface area (Å²) in [7, 11) is 1.94. The Kier molecular flexibility index (Phi) is 58.7. The van der Waals surface area contributed by atoms with Gasteiger partial charge in [-0.1, -0.05) is 187 Å². The van der Waals surface area contributed by atoms with Gasteiger partial charge in [0, 0.05) is 97.6 Å². The zero-order valence-corrected chi connectivity index (χ0v) is 85.8. The van der Waals surface area contributed by atoms with Gasteiger partial charge in [-0.3, -0.25) is 38.4 Å². The molecule has 122 heavy (non-hydrogen) atoms. The fraction of sp³-hybridized carbons (Fsp3) is 0.922. The number of ether oxygens (including phenoxy) is 5. The van der Waals surface area contributed by atoms with Crippen LogP contribution in [0.4, 0.5) is 0 Å². The van der Waals surface area contributed by atoms with E-state index >= 15 is 0 Å². The molecule has 0 aromatic heterocycles. The molecule has 0 aromatic rings. The van der Waals surface area contributed by atoms with Gasteiger partial charge in [-0.15, -0.1) is 0 Å². The second-order valence-corrected chi connectivity index (χ2v) is 42.7. The van der Waals surface area contributed by atoms with Crippen molar-refractivity contribution in [2.24, 2.45) is 99.6 Å². The van der Waals surface area contributed by atoms with Crippen molar-refractivity contribution in [1.29, 1.82) is 0 Å². The molecule has 4 rings (SSSR count). The summed E-state index contributed by atoms with van der Waals surface area (Å²) in [6, 6.07) is -0.730. The van der Waals surface area contributed by atoms with Crippen molar-refractivity contribution < 1.29 is 62.0 Å². The Morgan fingerprint density at radius 1 is 0.402 bits per heavy atom. The van der Waals surface area contributed by atoms with Crippen LogP contribution in [0.15, 0.2) is 0 Å². The smallest absolute Gasteiger partial charge is 0.220 e. The second kappa shape index (κ2) is 60.4. The number of amides is 2. The van der Waals surface area contributed by atoms with Crippen LogP contribution in [0.2, 0.25) is 0 Å². The van der Waals surface area contributed by atoms with Crippen LogP contribution in [0.3, 0.4) is 0 Å². The minimum absolute atomic E-state index is 0.0176. The Morgan fingerprint density at radius 2 is 0.811 bits per heavy atom. The normalized spacial score (nSPS) is 23.3. The van der Waals surface area contributed by atoms with Crippen molar-refractivity contribution in [3.05, 3.63) is 0 Å². The van der Waals surface area contributed by atoms with E-state index in [4.69, 9.17) is 23.7 Å². The lowest BCUT2D eigenvalue weighted by Crippen LogP contribution is -2.63. The van der Waals surface area contributed by atoms with E-state index in [2.05, 4.69) is 196 Å². The van der Waals surface area contributed by atoms with Gasteiger partial charge in [0.1, 0.15) is 5.78 Å². The molecule has 4 fully saturated rings. The third-order valence-corrected chi connectivity index (χ3v) is 25.5. The monoisotopic (exact) mass is 1730 g/mol. The number of nitrogens with one attached hydrogen (secondary N) is 7.